The maximum Gasteiger partial charge on any atom is 0.165 e. The lowest BCUT2D eigenvalue weighted by molar-refractivity contribution is 0.345. The molecule has 40 heavy (non-hydrogen) atoms. The average molecular weight is 552 g/mol. The van der Waals surface area contributed by atoms with Crippen molar-refractivity contribution in [2.24, 2.45) is 5.73 Å². The first-order valence-corrected chi connectivity index (χ1v) is 13.3. The summed E-state index contributed by atoms with van der Waals surface area (Å²) < 4.78 is 3.96. The van der Waals surface area contributed by atoms with Gasteiger partial charge in [0.05, 0.1) is 41.7 Å². The SMILES string of the molecule is Nc1ncnc2c1ncn2Cc1cc(-c2ccc3nccn3c2)ncc1N1CCCC(N)(c2cccc(Cl)n2)C1. The van der Waals surface area contributed by atoms with Gasteiger partial charge in [-0.15, -0.1) is 0 Å². The maximum atomic E-state index is 6.98. The van der Waals surface area contributed by atoms with E-state index in [0.29, 0.717) is 35.2 Å². The van der Waals surface area contributed by atoms with Crippen molar-refractivity contribution >= 4 is 39.9 Å². The van der Waals surface area contributed by atoms with E-state index >= 15 is 0 Å². The number of anilines is 2. The lowest BCUT2D eigenvalue weighted by Crippen LogP contribution is -2.52. The smallest absolute Gasteiger partial charge is 0.165 e. The van der Waals surface area contributed by atoms with Crippen LogP contribution in [-0.4, -0.2) is 52.0 Å². The van der Waals surface area contributed by atoms with Crippen LogP contribution in [-0.2, 0) is 12.1 Å². The Labute approximate surface area is 234 Å². The molecule has 4 N–H and O–H groups in total. The van der Waals surface area contributed by atoms with Gasteiger partial charge in [-0.3, -0.25) is 4.98 Å². The Morgan fingerprint density at radius 1 is 1.05 bits per heavy atom. The van der Waals surface area contributed by atoms with Gasteiger partial charge in [-0.25, -0.2) is 24.9 Å². The van der Waals surface area contributed by atoms with Crippen molar-refractivity contribution in [3.05, 3.63) is 90.3 Å². The molecule has 0 aliphatic carbocycles. The van der Waals surface area contributed by atoms with Crippen LogP contribution >= 0.6 is 11.6 Å². The van der Waals surface area contributed by atoms with Gasteiger partial charge in [0.2, 0.25) is 0 Å². The summed E-state index contributed by atoms with van der Waals surface area (Å²) in [4.78, 5) is 29.1. The number of piperidine rings is 1. The van der Waals surface area contributed by atoms with Gasteiger partial charge in [-0.05, 0) is 48.7 Å². The van der Waals surface area contributed by atoms with E-state index in [9.17, 15) is 0 Å². The first-order chi connectivity index (χ1) is 19.5. The number of hydrogen-bond donors (Lipinski definition) is 2. The summed E-state index contributed by atoms with van der Waals surface area (Å²) in [6, 6.07) is 11.8. The van der Waals surface area contributed by atoms with E-state index in [1.54, 1.807) is 18.6 Å². The molecule has 6 aromatic heterocycles. The Kier molecular flexibility index (Phi) is 5.83. The Morgan fingerprint density at radius 3 is 2.88 bits per heavy atom. The second kappa shape index (κ2) is 9.54. The topological polar surface area (TPSA) is 142 Å². The van der Waals surface area contributed by atoms with Gasteiger partial charge in [-0.2, -0.15) is 0 Å². The molecule has 0 saturated carbocycles. The highest BCUT2D eigenvalue weighted by atomic mass is 35.5. The van der Waals surface area contributed by atoms with Gasteiger partial charge in [0.25, 0.3) is 0 Å². The van der Waals surface area contributed by atoms with E-state index in [4.69, 9.17) is 28.1 Å². The van der Waals surface area contributed by atoms with Crippen molar-refractivity contribution in [2.45, 2.75) is 24.9 Å². The summed E-state index contributed by atoms with van der Waals surface area (Å²) >= 11 is 6.22. The van der Waals surface area contributed by atoms with Crippen molar-refractivity contribution in [1.82, 2.24) is 38.9 Å². The lowest BCUT2D eigenvalue weighted by Gasteiger charge is -2.41. The minimum Gasteiger partial charge on any atom is -0.382 e. The zero-order valence-corrected chi connectivity index (χ0v) is 22.3. The van der Waals surface area contributed by atoms with Crippen LogP contribution in [0.1, 0.15) is 24.1 Å². The quantitative estimate of drug-likeness (QED) is 0.307. The second-order valence-corrected chi connectivity index (χ2v) is 10.5. The second-order valence-electron chi connectivity index (χ2n) is 10.1. The lowest BCUT2D eigenvalue weighted by atomic mass is 9.86. The average Bonchev–Trinajstić information content (AvgIpc) is 3.61. The molecule has 0 aromatic carbocycles. The highest BCUT2D eigenvalue weighted by Crippen LogP contribution is 2.34. The summed E-state index contributed by atoms with van der Waals surface area (Å²) in [5.74, 6) is 0.353. The summed E-state index contributed by atoms with van der Waals surface area (Å²) in [6.07, 6.45) is 12.6. The highest BCUT2D eigenvalue weighted by molar-refractivity contribution is 6.29. The predicted octanol–water partition coefficient (Wildman–Crippen LogP) is 3.67. The number of halogens is 1. The van der Waals surface area contributed by atoms with Crippen molar-refractivity contribution in [3.8, 4) is 11.3 Å². The molecule has 1 atom stereocenters. The van der Waals surface area contributed by atoms with E-state index < -0.39 is 5.54 Å². The number of fused-ring (bicyclic) bond motifs is 2. The summed E-state index contributed by atoms with van der Waals surface area (Å²) in [6.45, 7) is 1.93. The van der Waals surface area contributed by atoms with Crippen molar-refractivity contribution in [1.29, 1.82) is 0 Å². The van der Waals surface area contributed by atoms with Crippen molar-refractivity contribution in [3.63, 3.8) is 0 Å². The van der Waals surface area contributed by atoms with Crippen LogP contribution in [0.3, 0.4) is 0 Å². The number of rotatable bonds is 5. The number of nitrogens with zero attached hydrogens (tertiary/aromatic N) is 9. The largest absolute Gasteiger partial charge is 0.382 e. The molecule has 7 heterocycles. The van der Waals surface area contributed by atoms with E-state index in [1.165, 1.54) is 6.33 Å². The van der Waals surface area contributed by atoms with Gasteiger partial charge >= 0.3 is 0 Å². The molecule has 1 aliphatic rings. The van der Waals surface area contributed by atoms with Crippen LogP contribution in [0.25, 0.3) is 28.1 Å². The molecule has 6 aromatic rings. The van der Waals surface area contributed by atoms with Crippen LogP contribution in [0.5, 0.6) is 0 Å². The molecule has 7 rings (SSSR count). The summed E-state index contributed by atoms with van der Waals surface area (Å²) in [5, 5.41) is 0.439. The number of hydrogen-bond acceptors (Lipinski definition) is 9. The molecular weight excluding hydrogens is 526 g/mol. The number of nitrogen functional groups attached to an aromatic ring is 1. The van der Waals surface area contributed by atoms with Gasteiger partial charge < -0.3 is 25.3 Å². The third-order valence-corrected chi connectivity index (χ3v) is 7.72. The zero-order chi connectivity index (χ0) is 27.3. The Balaban J connectivity index is 1.31. The zero-order valence-electron chi connectivity index (χ0n) is 21.5. The van der Waals surface area contributed by atoms with Crippen LogP contribution in [0.15, 0.2) is 73.8 Å². The predicted molar refractivity (Wildman–Crippen MR) is 154 cm³/mol. The van der Waals surface area contributed by atoms with E-state index in [0.717, 1.165) is 53.2 Å². The molecule has 11 nitrogen and oxygen atoms in total. The molecule has 200 valence electrons. The first-order valence-electron chi connectivity index (χ1n) is 13.0. The van der Waals surface area contributed by atoms with Gasteiger partial charge in [0.1, 0.15) is 22.6 Å². The Morgan fingerprint density at radius 2 is 1.98 bits per heavy atom. The number of aromatic nitrogens is 8. The molecule has 1 fully saturated rings. The first kappa shape index (κ1) is 24.4. The molecule has 0 spiro atoms. The van der Waals surface area contributed by atoms with Crippen LogP contribution in [0.4, 0.5) is 11.5 Å². The van der Waals surface area contributed by atoms with Gasteiger partial charge in [0.15, 0.2) is 11.5 Å². The monoisotopic (exact) mass is 551 g/mol. The fourth-order valence-corrected chi connectivity index (χ4v) is 5.68. The Bertz CT molecular complexity index is 1860. The molecule has 0 bridgehead atoms. The van der Waals surface area contributed by atoms with E-state index in [1.807, 2.05) is 51.8 Å². The minimum atomic E-state index is -0.644. The highest BCUT2D eigenvalue weighted by Gasteiger charge is 2.35. The standard InChI is InChI=1S/C28H26ClN11/c29-23-4-1-3-22(37-23)28(31)7-2-9-39(15-28)21-12-33-20(18-5-6-24-32-8-10-38(24)13-18)11-19(21)14-40-17-36-25-26(30)34-16-35-27(25)40/h1,3-6,8,10-13,16-17H,2,7,9,14-15,31H2,(H2,30,34,35). The fraction of sp³-hybridized carbons (Fsp3) is 0.214. The van der Waals surface area contributed by atoms with Crippen LogP contribution in [0, 0.1) is 0 Å². The molecule has 12 heteroatoms. The van der Waals surface area contributed by atoms with Crippen molar-refractivity contribution in [2.75, 3.05) is 23.7 Å². The van der Waals surface area contributed by atoms with E-state index in [-0.39, 0.29) is 0 Å². The van der Waals surface area contributed by atoms with Crippen LogP contribution < -0.4 is 16.4 Å². The van der Waals surface area contributed by atoms with Gasteiger partial charge in [-0.1, -0.05) is 17.7 Å². The number of imidazole rings is 2. The van der Waals surface area contributed by atoms with E-state index in [2.05, 4.69) is 35.9 Å². The maximum absolute atomic E-state index is 6.98. The fourth-order valence-electron chi connectivity index (χ4n) is 5.51. The molecule has 1 unspecified atom stereocenters. The van der Waals surface area contributed by atoms with Crippen LogP contribution in [0.2, 0.25) is 5.15 Å². The molecule has 1 aliphatic heterocycles. The molecule has 0 amide bonds. The van der Waals surface area contributed by atoms with Crippen molar-refractivity contribution < 1.29 is 0 Å². The Hall–Kier alpha value is -4.61. The summed E-state index contributed by atoms with van der Waals surface area (Å²) in [5.41, 5.74) is 19.2. The normalized spacial score (nSPS) is 17.6. The molecule has 0 radical (unpaired) electrons. The number of nitrogens with two attached hydrogens (primary N) is 2. The molecular formula is C28H26ClN11. The minimum absolute atomic E-state index is 0.353. The third kappa shape index (κ3) is 4.29. The number of pyridine rings is 3. The molecule has 1 saturated heterocycles. The summed E-state index contributed by atoms with van der Waals surface area (Å²) in [7, 11) is 0. The van der Waals surface area contributed by atoms with Gasteiger partial charge in [0, 0.05) is 37.2 Å². The third-order valence-electron chi connectivity index (χ3n) is 7.51.